The molecule has 2 N–H and O–H groups in total. The molecule has 2 fully saturated rings. The van der Waals surface area contributed by atoms with Crippen LogP contribution in [0.25, 0.3) is 0 Å². The summed E-state index contributed by atoms with van der Waals surface area (Å²) in [5, 5.41) is 10.5. The lowest BCUT2D eigenvalue weighted by molar-refractivity contribution is 0.122. The van der Waals surface area contributed by atoms with Crippen molar-refractivity contribution >= 4 is 11.8 Å². The molecule has 4 rings (SSSR count). The van der Waals surface area contributed by atoms with Gasteiger partial charge < -0.3 is 19.6 Å². The number of nitrogens with one attached hydrogen (secondary N) is 1. The standard InChI is InChI=1S/C19H24N4O3/c24-16-6-7-23(15(16)12-14-4-2-1-3-5-14)19-20-17(13-18(25)21-19)22-8-10-26-11-9-22/h1-5,13,15-16,24H,6-12H2,(H,20,21,25)/t15-,16+/m0/s1. The van der Waals surface area contributed by atoms with Crippen LogP contribution in [0, 0.1) is 0 Å². The highest BCUT2D eigenvalue weighted by molar-refractivity contribution is 5.46. The number of aromatic nitrogens is 2. The summed E-state index contributed by atoms with van der Waals surface area (Å²) in [5.74, 6) is 1.21. The zero-order chi connectivity index (χ0) is 17.9. The van der Waals surface area contributed by atoms with Crippen LogP contribution in [0.2, 0.25) is 0 Å². The molecule has 0 saturated carbocycles. The molecule has 0 radical (unpaired) electrons. The highest BCUT2D eigenvalue weighted by Crippen LogP contribution is 2.26. The van der Waals surface area contributed by atoms with Gasteiger partial charge in [-0.1, -0.05) is 30.3 Å². The van der Waals surface area contributed by atoms with E-state index in [1.54, 1.807) is 0 Å². The molecule has 7 heteroatoms. The van der Waals surface area contributed by atoms with Crippen LogP contribution in [0.15, 0.2) is 41.2 Å². The second kappa shape index (κ2) is 7.47. The van der Waals surface area contributed by atoms with Gasteiger partial charge >= 0.3 is 0 Å². The number of hydrogen-bond acceptors (Lipinski definition) is 6. The number of aliphatic hydroxyl groups is 1. The molecule has 2 saturated heterocycles. The molecule has 2 aliphatic rings. The zero-order valence-corrected chi connectivity index (χ0v) is 14.7. The number of anilines is 2. The van der Waals surface area contributed by atoms with E-state index in [4.69, 9.17) is 9.72 Å². The smallest absolute Gasteiger partial charge is 0.254 e. The Morgan fingerprint density at radius 3 is 2.73 bits per heavy atom. The summed E-state index contributed by atoms with van der Waals surface area (Å²) in [4.78, 5) is 23.9. The molecule has 138 valence electrons. The van der Waals surface area contributed by atoms with Gasteiger partial charge in [0.25, 0.3) is 5.56 Å². The lowest BCUT2D eigenvalue weighted by Gasteiger charge is -2.30. The van der Waals surface area contributed by atoms with Crippen molar-refractivity contribution in [1.29, 1.82) is 0 Å². The number of H-pyrrole nitrogens is 1. The van der Waals surface area contributed by atoms with Gasteiger partial charge in [-0.05, 0) is 18.4 Å². The summed E-state index contributed by atoms with van der Waals surface area (Å²) < 4.78 is 5.38. The van der Waals surface area contributed by atoms with Crippen molar-refractivity contribution < 1.29 is 9.84 Å². The Bertz CT molecular complexity index is 789. The van der Waals surface area contributed by atoms with Crippen LogP contribution in [0.4, 0.5) is 11.8 Å². The van der Waals surface area contributed by atoms with Crippen molar-refractivity contribution in [1.82, 2.24) is 9.97 Å². The molecule has 0 spiro atoms. The normalized spacial score (nSPS) is 23.4. The molecule has 0 unspecified atom stereocenters. The van der Waals surface area contributed by atoms with Gasteiger partial charge in [0.05, 0.1) is 25.4 Å². The maximum absolute atomic E-state index is 12.2. The SMILES string of the molecule is O=c1cc(N2CCOCC2)nc(N2CC[C@@H](O)[C@@H]2Cc2ccccc2)[nH]1. The minimum absolute atomic E-state index is 0.0968. The molecule has 0 bridgehead atoms. The third-order valence-electron chi connectivity index (χ3n) is 5.12. The Hall–Kier alpha value is -2.38. The summed E-state index contributed by atoms with van der Waals surface area (Å²) in [6, 6.07) is 11.5. The maximum atomic E-state index is 12.2. The fourth-order valence-electron chi connectivity index (χ4n) is 3.72. The lowest BCUT2D eigenvalue weighted by atomic mass is 10.0. The second-order valence-corrected chi connectivity index (χ2v) is 6.83. The summed E-state index contributed by atoms with van der Waals surface area (Å²) in [7, 11) is 0. The summed E-state index contributed by atoms with van der Waals surface area (Å²) in [6.45, 7) is 3.41. The van der Waals surface area contributed by atoms with Crippen molar-refractivity contribution in [3.63, 3.8) is 0 Å². The second-order valence-electron chi connectivity index (χ2n) is 6.83. The number of aromatic amines is 1. The van der Waals surface area contributed by atoms with Crippen molar-refractivity contribution in [2.75, 3.05) is 42.6 Å². The minimum Gasteiger partial charge on any atom is -0.391 e. The minimum atomic E-state index is -0.437. The first kappa shape index (κ1) is 17.1. The number of benzene rings is 1. The van der Waals surface area contributed by atoms with E-state index < -0.39 is 6.10 Å². The van der Waals surface area contributed by atoms with Gasteiger partial charge in [-0.25, -0.2) is 0 Å². The van der Waals surface area contributed by atoms with Gasteiger partial charge in [-0.15, -0.1) is 0 Å². The molecule has 2 aliphatic heterocycles. The Balaban J connectivity index is 1.60. The van der Waals surface area contributed by atoms with Crippen LogP contribution in [-0.4, -0.2) is 60.1 Å². The highest BCUT2D eigenvalue weighted by Gasteiger charge is 2.34. The topological polar surface area (TPSA) is 81.7 Å². The van der Waals surface area contributed by atoms with Crippen LogP contribution < -0.4 is 15.4 Å². The van der Waals surface area contributed by atoms with Gasteiger partial charge in [0, 0.05) is 25.7 Å². The molecule has 1 aromatic carbocycles. The predicted octanol–water partition coefficient (Wildman–Crippen LogP) is 0.789. The van der Waals surface area contributed by atoms with Gasteiger partial charge in [0.15, 0.2) is 0 Å². The highest BCUT2D eigenvalue weighted by atomic mass is 16.5. The first-order valence-electron chi connectivity index (χ1n) is 9.13. The van der Waals surface area contributed by atoms with E-state index in [9.17, 15) is 9.90 Å². The fourth-order valence-corrected chi connectivity index (χ4v) is 3.72. The molecule has 1 aromatic heterocycles. The number of ether oxygens (including phenoxy) is 1. The Kier molecular flexibility index (Phi) is 4.90. The number of aliphatic hydroxyl groups excluding tert-OH is 1. The first-order chi connectivity index (χ1) is 12.7. The lowest BCUT2D eigenvalue weighted by Crippen LogP contribution is -2.40. The van der Waals surface area contributed by atoms with E-state index in [2.05, 4.69) is 22.0 Å². The quantitative estimate of drug-likeness (QED) is 0.843. The summed E-state index contributed by atoms with van der Waals surface area (Å²) in [6.07, 6.45) is 0.948. The zero-order valence-electron chi connectivity index (χ0n) is 14.7. The monoisotopic (exact) mass is 356 g/mol. The third kappa shape index (κ3) is 3.59. The van der Waals surface area contributed by atoms with Gasteiger partial charge in [-0.3, -0.25) is 9.78 Å². The largest absolute Gasteiger partial charge is 0.391 e. The van der Waals surface area contributed by atoms with Crippen LogP contribution >= 0.6 is 0 Å². The van der Waals surface area contributed by atoms with Crippen molar-refractivity contribution in [2.24, 2.45) is 0 Å². The number of hydrogen-bond donors (Lipinski definition) is 2. The van der Waals surface area contributed by atoms with Crippen molar-refractivity contribution in [3.8, 4) is 0 Å². The third-order valence-corrected chi connectivity index (χ3v) is 5.12. The molecule has 3 heterocycles. The Morgan fingerprint density at radius 1 is 1.19 bits per heavy atom. The molecular formula is C19H24N4O3. The molecule has 0 aliphatic carbocycles. The Morgan fingerprint density at radius 2 is 1.96 bits per heavy atom. The van der Waals surface area contributed by atoms with E-state index in [-0.39, 0.29) is 11.6 Å². The summed E-state index contributed by atoms with van der Waals surface area (Å²) in [5.41, 5.74) is 0.992. The van der Waals surface area contributed by atoms with E-state index in [0.29, 0.717) is 44.4 Å². The van der Waals surface area contributed by atoms with E-state index in [1.807, 2.05) is 23.1 Å². The number of nitrogens with zero attached hydrogens (tertiary/aromatic N) is 3. The van der Waals surface area contributed by atoms with Gasteiger partial charge in [-0.2, -0.15) is 4.98 Å². The van der Waals surface area contributed by atoms with Crippen molar-refractivity contribution in [2.45, 2.75) is 25.0 Å². The number of rotatable bonds is 4. The predicted molar refractivity (Wildman–Crippen MR) is 99.8 cm³/mol. The maximum Gasteiger partial charge on any atom is 0.254 e. The molecular weight excluding hydrogens is 332 g/mol. The van der Waals surface area contributed by atoms with Crippen LogP contribution in [-0.2, 0) is 11.2 Å². The average Bonchev–Trinajstić information content (AvgIpc) is 3.03. The number of morpholine rings is 1. The first-order valence-corrected chi connectivity index (χ1v) is 9.13. The average molecular weight is 356 g/mol. The summed E-state index contributed by atoms with van der Waals surface area (Å²) >= 11 is 0. The molecule has 2 atom stereocenters. The van der Waals surface area contributed by atoms with Gasteiger partial charge in [0.2, 0.25) is 5.95 Å². The van der Waals surface area contributed by atoms with E-state index >= 15 is 0 Å². The van der Waals surface area contributed by atoms with Crippen LogP contribution in [0.3, 0.4) is 0 Å². The van der Waals surface area contributed by atoms with Crippen LogP contribution in [0.1, 0.15) is 12.0 Å². The molecule has 2 aromatic rings. The van der Waals surface area contributed by atoms with Gasteiger partial charge in [0.1, 0.15) is 5.82 Å². The van der Waals surface area contributed by atoms with E-state index in [1.165, 1.54) is 6.07 Å². The fraction of sp³-hybridized carbons (Fsp3) is 0.474. The molecule has 7 nitrogen and oxygen atoms in total. The Labute approximate surface area is 152 Å². The van der Waals surface area contributed by atoms with Crippen LogP contribution in [0.5, 0.6) is 0 Å². The van der Waals surface area contributed by atoms with E-state index in [0.717, 1.165) is 18.7 Å². The molecule has 26 heavy (non-hydrogen) atoms. The molecule has 0 amide bonds. The van der Waals surface area contributed by atoms with Crippen molar-refractivity contribution in [3.05, 3.63) is 52.3 Å².